The maximum Gasteiger partial charge on any atom is 0.268 e. The Kier molecular flexibility index (Phi) is 5.92. The molecular formula is C14H24N2O2. The van der Waals surface area contributed by atoms with Crippen LogP contribution in [0.4, 0.5) is 0 Å². The quantitative estimate of drug-likeness (QED) is 0.780. The third-order valence-electron chi connectivity index (χ3n) is 2.84. The first-order chi connectivity index (χ1) is 8.58. The lowest BCUT2D eigenvalue weighted by Crippen LogP contribution is -2.39. The van der Waals surface area contributed by atoms with Gasteiger partial charge in [0.05, 0.1) is 12.6 Å². The maximum absolute atomic E-state index is 12.1. The largest absolute Gasteiger partial charge is 0.394 e. The van der Waals surface area contributed by atoms with Gasteiger partial charge >= 0.3 is 0 Å². The third-order valence-corrected chi connectivity index (χ3v) is 2.84. The van der Waals surface area contributed by atoms with E-state index in [1.807, 2.05) is 22.9 Å². The van der Waals surface area contributed by atoms with Gasteiger partial charge in [-0.2, -0.15) is 0 Å². The van der Waals surface area contributed by atoms with Gasteiger partial charge in [0, 0.05) is 12.7 Å². The number of rotatable bonds is 7. The van der Waals surface area contributed by atoms with Gasteiger partial charge in [0.25, 0.3) is 5.91 Å². The van der Waals surface area contributed by atoms with E-state index in [-0.39, 0.29) is 18.6 Å². The maximum atomic E-state index is 12.1. The first-order valence-corrected chi connectivity index (χ1v) is 6.65. The molecule has 0 bridgehead atoms. The van der Waals surface area contributed by atoms with Crippen molar-refractivity contribution in [3.05, 3.63) is 24.0 Å². The number of carbonyl (C=O) groups excluding carboxylic acids is 1. The van der Waals surface area contributed by atoms with Crippen LogP contribution < -0.4 is 5.32 Å². The van der Waals surface area contributed by atoms with Crippen LogP contribution in [-0.4, -0.2) is 28.2 Å². The minimum Gasteiger partial charge on any atom is -0.394 e. The van der Waals surface area contributed by atoms with Gasteiger partial charge in [0.1, 0.15) is 5.69 Å². The zero-order chi connectivity index (χ0) is 13.5. The van der Waals surface area contributed by atoms with Crippen molar-refractivity contribution in [3.8, 4) is 0 Å². The average Bonchev–Trinajstić information content (AvgIpc) is 2.76. The van der Waals surface area contributed by atoms with Crippen molar-refractivity contribution < 1.29 is 9.90 Å². The molecule has 1 aromatic rings. The molecule has 0 aliphatic carbocycles. The van der Waals surface area contributed by atoms with E-state index in [0.29, 0.717) is 11.6 Å². The molecule has 0 aromatic carbocycles. The zero-order valence-electron chi connectivity index (χ0n) is 11.5. The van der Waals surface area contributed by atoms with Crippen molar-refractivity contribution in [2.75, 3.05) is 6.61 Å². The van der Waals surface area contributed by atoms with Crippen molar-refractivity contribution in [3.63, 3.8) is 0 Å². The lowest BCUT2D eigenvalue weighted by atomic mass is 10.0. The van der Waals surface area contributed by atoms with Crippen molar-refractivity contribution in [1.29, 1.82) is 0 Å². The Bertz CT molecular complexity index is 372. The molecule has 0 radical (unpaired) electrons. The molecule has 1 atom stereocenters. The highest BCUT2D eigenvalue weighted by molar-refractivity contribution is 5.92. The Morgan fingerprint density at radius 1 is 1.50 bits per heavy atom. The molecule has 4 heteroatoms. The molecule has 0 saturated carbocycles. The van der Waals surface area contributed by atoms with E-state index >= 15 is 0 Å². The van der Waals surface area contributed by atoms with Crippen LogP contribution in [0.1, 0.15) is 44.1 Å². The molecule has 1 unspecified atom stereocenters. The highest BCUT2D eigenvalue weighted by atomic mass is 16.3. The summed E-state index contributed by atoms with van der Waals surface area (Å²) in [5, 5.41) is 12.2. The monoisotopic (exact) mass is 252 g/mol. The number of amides is 1. The lowest BCUT2D eigenvalue weighted by Gasteiger charge is -2.18. The standard InChI is InChI=1S/C14H24N2O2/c1-4-7-16-8-5-6-13(16)14(18)15-12(10-17)9-11(2)3/h5-6,8,11-12,17H,4,7,9-10H2,1-3H3,(H,15,18). The molecule has 0 saturated heterocycles. The molecule has 0 fully saturated rings. The molecule has 102 valence electrons. The van der Waals surface area contributed by atoms with Crippen molar-refractivity contribution in [1.82, 2.24) is 9.88 Å². The van der Waals surface area contributed by atoms with Crippen LogP contribution in [-0.2, 0) is 6.54 Å². The number of hydrogen-bond donors (Lipinski definition) is 2. The fourth-order valence-corrected chi connectivity index (χ4v) is 2.06. The number of aliphatic hydroxyl groups is 1. The second-order valence-corrected chi connectivity index (χ2v) is 5.07. The molecule has 0 aliphatic heterocycles. The number of nitrogens with zero attached hydrogens (tertiary/aromatic N) is 1. The minimum atomic E-state index is -0.164. The number of carbonyl (C=O) groups is 1. The molecular weight excluding hydrogens is 228 g/mol. The topological polar surface area (TPSA) is 54.3 Å². The third kappa shape index (κ3) is 4.18. The molecule has 18 heavy (non-hydrogen) atoms. The fraction of sp³-hybridized carbons (Fsp3) is 0.643. The first kappa shape index (κ1) is 14.8. The summed E-state index contributed by atoms with van der Waals surface area (Å²) in [5.74, 6) is 0.345. The SMILES string of the molecule is CCCn1cccc1C(=O)NC(CO)CC(C)C. The summed E-state index contributed by atoms with van der Waals surface area (Å²) in [5.41, 5.74) is 0.666. The fourth-order valence-electron chi connectivity index (χ4n) is 2.06. The summed E-state index contributed by atoms with van der Waals surface area (Å²) in [6.07, 6.45) is 3.69. The molecule has 1 heterocycles. The van der Waals surface area contributed by atoms with E-state index in [1.165, 1.54) is 0 Å². The van der Waals surface area contributed by atoms with Gasteiger partial charge in [-0.3, -0.25) is 4.79 Å². The van der Waals surface area contributed by atoms with Gasteiger partial charge in [-0.05, 0) is 30.9 Å². The summed E-state index contributed by atoms with van der Waals surface area (Å²) in [7, 11) is 0. The van der Waals surface area contributed by atoms with Crippen LogP contribution in [0.25, 0.3) is 0 Å². The van der Waals surface area contributed by atoms with Crippen LogP contribution >= 0.6 is 0 Å². The number of nitrogens with one attached hydrogen (secondary N) is 1. The van der Waals surface area contributed by atoms with Gasteiger partial charge in [0.2, 0.25) is 0 Å². The minimum absolute atomic E-state index is 0.0155. The van der Waals surface area contributed by atoms with E-state index in [1.54, 1.807) is 0 Å². The van der Waals surface area contributed by atoms with E-state index in [0.717, 1.165) is 19.4 Å². The first-order valence-electron chi connectivity index (χ1n) is 6.65. The van der Waals surface area contributed by atoms with Crippen LogP contribution in [0.2, 0.25) is 0 Å². The van der Waals surface area contributed by atoms with Gasteiger partial charge < -0.3 is 15.0 Å². The Balaban J connectivity index is 2.65. The summed E-state index contributed by atoms with van der Waals surface area (Å²) < 4.78 is 1.94. The molecule has 0 aliphatic rings. The van der Waals surface area contributed by atoms with Gasteiger partial charge in [-0.15, -0.1) is 0 Å². The van der Waals surface area contributed by atoms with Crippen molar-refractivity contribution in [2.24, 2.45) is 5.92 Å². The second-order valence-electron chi connectivity index (χ2n) is 5.07. The Hall–Kier alpha value is -1.29. The van der Waals surface area contributed by atoms with Crippen LogP contribution in [0, 0.1) is 5.92 Å². The van der Waals surface area contributed by atoms with Crippen LogP contribution in [0.15, 0.2) is 18.3 Å². The Morgan fingerprint density at radius 2 is 2.22 bits per heavy atom. The number of hydrogen-bond acceptors (Lipinski definition) is 2. The number of aliphatic hydroxyl groups excluding tert-OH is 1. The van der Waals surface area contributed by atoms with E-state index in [2.05, 4.69) is 26.1 Å². The number of aromatic nitrogens is 1. The molecule has 1 rings (SSSR count). The Labute approximate surface area is 109 Å². The summed E-state index contributed by atoms with van der Waals surface area (Å²) in [6, 6.07) is 3.53. The summed E-state index contributed by atoms with van der Waals surface area (Å²) in [4.78, 5) is 12.1. The summed E-state index contributed by atoms with van der Waals surface area (Å²) >= 11 is 0. The molecule has 1 aromatic heterocycles. The zero-order valence-corrected chi connectivity index (χ0v) is 11.5. The normalized spacial score (nSPS) is 12.7. The van der Waals surface area contributed by atoms with E-state index < -0.39 is 0 Å². The predicted octanol–water partition coefficient (Wildman–Crippen LogP) is 2.03. The van der Waals surface area contributed by atoms with Gasteiger partial charge in [-0.25, -0.2) is 0 Å². The van der Waals surface area contributed by atoms with Gasteiger partial charge in [-0.1, -0.05) is 20.8 Å². The second kappa shape index (κ2) is 7.21. The average molecular weight is 252 g/mol. The van der Waals surface area contributed by atoms with E-state index in [9.17, 15) is 9.90 Å². The number of aryl methyl sites for hydroxylation is 1. The van der Waals surface area contributed by atoms with Gasteiger partial charge in [0.15, 0.2) is 0 Å². The molecule has 4 nitrogen and oxygen atoms in total. The van der Waals surface area contributed by atoms with Crippen molar-refractivity contribution >= 4 is 5.91 Å². The highest BCUT2D eigenvalue weighted by Gasteiger charge is 2.16. The summed E-state index contributed by atoms with van der Waals surface area (Å²) in [6.45, 7) is 7.06. The Morgan fingerprint density at radius 3 is 2.78 bits per heavy atom. The van der Waals surface area contributed by atoms with Crippen LogP contribution in [0.5, 0.6) is 0 Å². The smallest absolute Gasteiger partial charge is 0.268 e. The molecule has 2 N–H and O–H groups in total. The highest BCUT2D eigenvalue weighted by Crippen LogP contribution is 2.07. The molecule has 1 amide bonds. The lowest BCUT2D eigenvalue weighted by molar-refractivity contribution is 0.0899. The molecule has 0 spiro atoms. The van der Waals surface area contributed by atoms with Crippen molar-refractivity contribution in [2.45, 2.75) is 46.2 Å². The van der Waals surface area contributed by atoms with E-state index in [4.69, 9.17) is 0 Å². The van der Waals surface area contributed by atoms with Crippen LogP contribution in [0.3, 0.4) is 0 Å². The predicted molar refractivity (Wildman–Crippen MR) is 72.5 cm³/mol.